The number of hydrogen-bond acceptors (Lipinski definition) is 3. The van der Waals surface area contributed by atoms with Gasteiger partial charge >= 0.3 is 0 Å². The lowest BCUT2D eigenvalue weighted by molar-refractivity contribution is 0.0780. The van der Waals surface area contributed by atoms with Crippen LogP contribution in [0, 0.1) is 11.8 Å². The Balaban J connectivity index is 0.00000161. The number of carbonyl (C=O) groups is 1. The van der Waals surface area contributed by atoms with Crippen molar-refractivity contribution in [2.24, 2.45) is 17.6 Å². The monoisotopic (exact) mass is 326 g/mol. The van der Waals surface area contributed by atoms with Crippen LogP contribution in [0.1, 0.15) is 29.6 Å². The van der Waals surface area contributed by atoms with E-state index < -0.39 is 0 Å². The van der Waals surface area contributed by atoms with Gasteiger partial charge in [0.1, 0.15) is 0 Å². The van der Waals surface area contributed by atoms with E-state index in [4.69, 9.17) is 5.73 Å². The van der Waals surface area contributed by atoms with Crippen molar-refractivity contribution in [1.29, 1.82) is 0 Å². The van der Waals surface area contributed by atoms with Crippen LogP contribution >= 0.6 is 24.2 Å². The molecule has 2 N–H and O–H groups in total. The molecule has 3 nitrogen and oxygen atoms in total. The van der Waals surface area contributed by atoms with Crippen molar-refractivity contribution in [2.75, 3.05) is 19.3 Å². The van der Waals surface area contributed by atoms with Gasteiger partial charge in [-0.05, 0) is 43.1 Å². The van der Waals surface area contributed by atoms with E-state index in [1.54, 1.807) is 11.8 Å². The van der Waals surface area contributed by atoms with Crippen LogP contribution in [0.5, 0.6) is 0 Å². The van der Waals surface area contributed by atoms with E-state index in [-0.39, 0.29) is 24.4 Å². The van der Waals surface area contributed by atoms with E-state index in [9.17, 15) is 4.79 Å². The molecule has 3 unspecified atom stereocenters. The summed E-state index contributed by atoms with van der Waals surface area (Å²) in [6.45, 7) is 1.73. The van der Waals surface area contributed by atoms with Crippen LogP contribution in [-0.2, 0) is 0 Å². The van der Waals surface area contributed by atoms with Crippen LogP contribution in [-0.4, -0.2) is 36.2 Å². The second-order valence-electron chi connectivity index (χ2n) is 5.93. The van der Waals surface area contributed by atoms with Gasteiger partial charge in [-0.15, -0.1) is 24.2 Å². The molecule has 0 spiro atoms. The standard InChI is InChI=1S/C16H22N2OS.ClH/c1-20-15-8-3-2-6-12(15)16(19)18-9-11-5-4-7-14(17)13(11)10-18;/h2-3,6,8,11,13-14H,4-5,7,9-10,17H2,1H3;1H. The lowest BCUT2D eigenvalue weighted by Gasteiger charge is -2.29. The third kappa shape index (κ3) is 3.22. The maximum atomic E-state index is 12.7. The molecule has 1 saturated heterocycles. The largest absolute Gasteiger partial charge is 0.338 e. The van der Waals surface area contributed by atoms with Crippen molar-refractivity contribution in [1.82, 2.24) is 4.90 Å². The minimum absolute atomic E-state index is 0. The van der Waals surface area contributed by atoms with Crippen molar-refractivity contribution >= 4 is 30.1 Å². The molecule has 5 heteroatoms. The molecule has 116 valence electrons. The first-order chi connectivity index (χ1) is 9.70. The number of rotatable bonds is 2. The number of carbonyl (C=O) groups excluding carboxylic acids is 1. The molecular formula is C16H23ClN2OS. The Kier molecular flexibility index (Phi) is 5.58. The van der Waals surface area contributed by atoms with Crippen molar-refractivity contribution in [3.8, 4) is 0 Å². The van der Waals surface area contributed by atoms with E-state index in [0.717, 1.165) is 30.0 Å². The molecule has 2 aliphatic rings. The summed E-state index contributed by atoms with van der Waals surface area (Å²) in [7, 11) is 0. The molecule has 0 radical (unpaired) electrons. The van der Waals surface area contributed by atoms with Gasteiger partial charge in [0.15, 0.2) is 0 Å². The van der Waals surface area contributed by atoms with Gasteiger partial charge in [0, 0.05) is 24.0 Å². The highest BCUT2D eigenvalue weighted by Crippen LogP contribution is 2.36. The van der Waals surface area contributed by atoms with Gasteiger partial charge in [0.25, 0.3) is 5.91 Å². The molecule has 0 bridgehead atoms. The Morgan fingerprint density at radius 1 is 1.29 bits per heavy atom. The summed E-state index contributed by atoms with van der Waals surface area (Å²) < 4.78 is 0. The highest BCUT2D eigenvalue weighted by molar-refractivity contribution is 7.98. The fraction of sp³-hybridized carbons (Fsp3) is 0.562. The molecule has 1 amide bonds. The van der Waals surface area contributed by atoms with Crippen LogP contribution in [0.2, 0.25) is 0 Å². The second kappa shape index (κ2) is 7.03. The topological polar surface area (TPSA) is 46.3 Å². The van der Waals surface area contributed by atoms with Gasteiger partial charge in [-0.25, -0.2) is 0 Å². The zero-order chi connectivity index (χ0) is 14.1. The first-order valence-electron chi connectivity index (χ1n) is 7.38. The Bertz CT molecular complexity index is 511. The predicted octanol–water partition coefficient (Wildman–Crippen LogP) is 3.03. The number of benzene rings is 1. The first kappa shape index (κ1) is 16.7. The molecule has 3 rings (SSSR count). The van der Waals surface area contributed by atoms with Gasteiger partial charge in [0.05, 0.1) is 5.56 Å². The lowest BCUT2D eigenvalue weighted by Crippen LogP contribution is -2.38. The van der Waals surface area contributed by atoms with E-state index >= 15 is 0 Å². The van der Waals surface area contributed by atoms with Crippen LogP contribution in [0.15, 0.2) is 29.2 Å². The molecule has 3 atom stereocenters. The third-order valence-electron chi connectivity index (χ3n) is 4.78. The SMILES string of the molecule is CSc1ccccc1C(=O)N1CC2CCCC(N)C2C1.Cl. The molecule has 21 heavy (non-hydrogen) atoms. The molecule has 1 aromatic carbocycles. The fourth-order valence-corrected chi connectivity index (χ4v) is 4.26. The number of amides is 1. The number of nitrogens with two attached hydrogens (primary N) is 1. The van der Waals surface area contributed by atoms with Crippen LogP contribution in [0.4, 0.5) is 0 Å². The number of hydrogen-bond donors (Lipinski definition) is 1. The Hall–Kier alpha value is -0.710. The van der Waals surface area contributed by atoms with Gasteiger partial charge in [-0.3, -0.25) is 4.79 Å². The van der Waals surface area contributed by atoms with Gasteiger partial charge in [0.2, 0.25) is 0 Å². The van der Waals surface area contributed by atoms with Crippen LogP contribution in [0.25, 0.3) is 0 Å². The third-order valence-corrected chi connectivity index (χ3v) is 5.57. The van der Waals surface area contributed by atoms with E-state index in [0.29, 0.717) is 11.8 Å². The first-order valence-corrected chi connectivity index (χ1v) is 8.61. The molecule has 0 aromatic heterocycles. The fourth-order valence-electron chi connectivity index (χ4n) is 3.67. The van der Waals surface area contributed by atoms with Crippen molar-refractivity contribution in [3.63, 3.8) is 0 Å². The van der Waals surface area contributed by atoms with Gasteiger partial charge < -0.3 is 10.6 Å². The number of likely N-dealkylation sites (tertiary alicyclic amines) is 1. The van der Waals surface area contributed by atoms with Gasteiger partial charge in [-0.1, -0.05) is 18.6 Å². The number of halogens is 1. The molecule has 1 aromatic rings. The second-order valence-corrected chi connectivity index (χ2v) is 6.78. The minimum Gasteiger partial charge on any atom is -0.338 e. The van der Waals surface area contributed by atoms with Crippen LogP contribution in [0.3, 0.4) is 0 Å². The van der Waals surface area contributed by atoms with Crippen LogP contribution < -0.4 is 5.73 Å². The summed E-state index contributed by atoms with van der Waals surface area (Å²) >= 11 is 1.64. The zero-order valence-electron chi connectivity index (χ0n) is 12.3. The average Bonchev–Trinajstić information content (AvgIpc) is 2.92. The molecule has 1 heterocycles. The summed E-state index contributed by atoms with van der Waals surface area (Å²) in [5.74, 6) is 1.30. The molecule has 2 fully saturated rings. The Labute approximate surface area is 137 Å². The van der Waals surface area contributed by atoms with Crippen molar-refractivity contribution < 1.29 is 4.79 Å². The summed E-state index contributed by atoms with van der Waals surface area (Å²) in [6, 6.07) is 8.18. The number of nitrogens with zero attached hydrogens (tertiary/aromatic N) is 1. The van der Waals surface area contributed by atoms with Crippen molar-refractivity contribution in [3.05, 3.63) is 29.8 Å². The van der Waals surface area contributed by atoms with E-state index in [2.05, 4.69) is 0 Å². The predicted molar refractivity (Wildman–Crippen MR) is 90.2 cm³/mol. The molecule has 1 aliphatic heterocycles. The van der Waals surface area contributed by atoms with E-state index in [1.165, 1.54) is 12.8 Å². The molecular weight excluding hydrogens is 304 g/mol. The lowest BCUT2D eigenvalue weighted by atomic mass is 9.78. The van der Waals surface area contributed by atoms with E-state index in [1.807, 2.05) is 35.4 Å². The summed E-state index contributed by atoms with van der Waals surface area (Å²) in [6.07, 6.45) is 5.58. The highest BCUT2D eigenvalue weighted by atomic mass is 35.5. The van der Waals surface area contributed by atoms with Crippen molar-refractivity contribution in [2.45, 2.75) is 30.2 Å². The average molecular weight is 327 g/mol. The summed E-state index contributed by atoms with van der Waals surface area (Å²) in [5.41, 5.74) is 7.07. The molecule has 1 aliphatic carbocycles. The highest BCUT2D eigenvalue weighted by Gasteiger charge is 2.40. The number of fused-ring (bicyclic) bond motifs is 1. The van der Waals surface area contributed by atoms with Gasteiger partial charge in [-0.2, -0.15) is 0 Å². The normalized spacial score (nSPS) is 27.9. The summed E-state index contributed by atoms with van der Waals surface area (Å²) in [5, 5.41) is 0. The minimum atomic E-state index is 0. The quantitative estimate of drug-likeness (QED) is 0.850. The maximum Gasteiger partial charge on any atom is 0.255 e. The Morgan fingerprint density at radius 2 is 2.05 bits per heavy atom. The molecule has 1 saturated carbocycles. The zero-order valence-corrected chi connectivity index (χ0v) is 14.0. The Morgan fingerprint density at radius 3 is 2.76 bits per heavy atom. The number of thioether (sulfide) groups is 1. The summed E-state index contributed by atoms with van der Waals surface area (Å²) in [4.78, 5) is 15.8. The smallest absolute Gasteiger partial charge is 0.255 e. The maximum absolute atomic E-state index is 12.7.